The summed E-state index contributed by atoms with van der Waals surface area (Å²) in [4.78, 5) is 36.0. The van der Waals surface area contributed by atoms with Crippen molar-refractivity contribution in [2.75, 3.05) is 25.0 Å². The van der Waals surface area contributed by atoms with Crippen molar-refractivity contribution in [2.45, 2.75) is 12.8 Å². The molecule has 0 unspecified atom stereocenters. The number of hydrogen-bond donors (Lipinski definition) is 3. The molecule has 1 heterocycles. The number of amides is 3. The molecule has 1 fully saturated rings. The van der Waals surface area contributed by atoms with Crippen LogP contribution in [0.4, 0.5) is 10.5 Å². The zero-order valence-corrected chi connectivity index (χ0v) is 11.5. The van der Waals surface area contributed by atoms with E-state index in [2.05, 4.69) is 10.6 Å². The number of benzene rings is 1. The van der Waals surface area contributed by atoms with Crippen LogP contribution in [0.15, 0.2) is 24.3 Å². The van der Waals surface area contributed by atoms with Gasteiger partial charge in [-0.25, -0.2) is 9.59 Å². The molecule has 0 radical (unpaired) electrons. The number of aromatic carboxylic acids is 1. The molecular formula is C14H17N3O4. The standard InChI is InChI=1S/C14H17N3O4/c18-12(17-6-1-2-7-17)9-15-14(21)16-11-5-3-4-10(8-11)13(19)20/h3-5,8H,1-2,6-7,9H2,(H,19,20)(H2,15,16,21). The zero-order valence-electron chi connectivity index (χ0n) is 11.5. The maximum absolute atomic E-state index is 11.8. The van der Waals surface area contributed by atoms with Gasteiger partial charge in [-0.15, -0.1) is 0 Å². The average Bonchev–Trinajstić information content (AvgIpc) is 2.99. The third kappa shape index (κ3) is 4.20. The van der Waals surface area contributed by atoms with Crippen LogP contribution in [0.2, 0.25) is 0 Å². The Morgan fingerprint density at radius 3 is 2.57 bits per heavy atom. The summed E-state index contributed by atoms with van der Waals surface area (Å²) in [5.74, 6) is -1.18. The Balaban J connectivity index is 1.82. The van der Waals surface area contributed by atoms with E-state index in [0.29, 0.717) is 5.69 Å². The molecule has 0 aliphatic carbocycles. The van der Waals surface area contributed by atoms with E-state index < -0.39 is 12.0 Å². The molecule has 1 saturated heterocycles. The van der Waals surface area contributed by atoms with Gasteiger partial charge in [0.2, 0.25) is 5.91 Å². The first kappa shape index (κ1) is 14.8. The molecule has 7 nitrogen and oxygen atoms in total. The van der Waals surface area contributed by atoms with Gasteiger partial charge in [0.1, 0.15) is 0 Å². The number of hydrogen-bond acceptors (Lipinski definition) is 3. The van der Waals surface area contributed by atoms with Crippen molar-refractivity contribution < 1.29 is 19.5 Å². The lowest BCUT2D eigenvalue weighted by Gasteiger charge is -2.15. The topological polar surface area (TPSA) is 98.7 Å². The fourth-order valence-electron chi connectivity index (χ4n) is 2.14. The predicted molar refractivity (Wildman–Crippen MR) is 76.2 cm³/mol. The quantitative estimate of drug-likeness (QED) is 0.774. The number of rotatable bonds is 4. The maximum Gasteiger partial charge on any atom is 0.335 e. The van der Waals surface area contributed by atoms with Gasteiger partial charge in [0, 0.05) is 18.8 Å². The monoisotopic (exact) mass is 291 g/mol. The van der Waals surface area contributed by atoms with Gasteiger partial charge in [0.05, 0.1) is 12.1 Å². The summed E-state index contributed by atoms with van der Waals surface area (Å²) in [5, 5.41) is 13.8. The molecule has 21 heavy (non-hydrogen) atoms. The van der Waals surface area contributed by atoms with Crippen LogP contribution >= 0.6 is 0 Å². The lowest BCUT2D eigenvalue weighted by Crippen LogP contribution is -2.40. The van der Waals surface area contributed by atoms with Gasteiger partial charge in [-0.1, -0.05) is 6.07 Å². The molecular weight excluding hydrogens is 274 g/mol. The second kappa shape index (κ2) is 6.74. The number of carbonyl (C=O) groups is 3. The highest BCUT2D eigenvalue weighted by Crippen LogP contribution is 2.10. The largest absolute Gasteiger partial charge is 0.478 e. The average molecular weight is 291 g/mol. The predicted octanol–water partition coefficient (Wildman–Crippen LogP) is 1.13. The number of nitrogens with zero attached hydrogens (tertiary/aromatic N) is 1. The Bertz CT molecular complexity index is 553. The molecule has 7 heteroatoms. The van der Waals surface area contributed by atoms with E-state index >= 15 is 0 Å². The second-order valence-electron chi connectivity index (χ2n) is 4.78. The Morgan fingerprint density at radius 2 is 1.90 bits per heavy atom. The Labute approximate surface area is 121 Å². The molecule has 0 spiro atoms. The summed E-state index contributed by atoms with van der Waals surface area (Å²) in [5.41, 5.74) is 0.446. The number of carbonyl (C=O) groups excluding carboxylic acids is 2. The highest BCUT2D eigenvalue weighted by molar-refractivity contribution is 5.94. The second-order valence-corrected chi connectivity index (χ2v) is 4.78. The number of carboxylic acids is 1. The highest BCUT2D eigenvalue weighted by Gasteiger charge is 2.18. The molecule has 0 aromatic heterocycles. The molecule has 1 aliphatic rings. The third-order valence-corrected chi connectivity index (χ3v) is 3.23. The van der Waals surface area contributed by atoms with Crippen LogP contribution in [0.3, 0.4) is 0 Å². The number of urea groups is 1. The number of likely N-dealkylation sites (tertiary alicyclic amines) is 1. The van der Waals surface area contributed by atoms with E-state index in [1.165, 1.54) is 18.2 Å². The minimum atomic E-state index is -1.07. The van der Waals surface area contributed by atoms with Crippen molar-refractivity contribution >= 4 is 23.6 Å². The Hall–Kier alpha value is -2.57. The maximum atomic E-state index is 11.8. The fraction of sp³-hybridized carbons (Fsp3) is 0.357. The molecule has 0 bridgehead atoms. The summed E-state index contributed by atoms with van der Waals surface area (Å²) >= 11 is 0. The smallest absolute Gasteiger partial charge is 0.335 e. The van der Waals surface area contributed by atoms with Crippen LogP contribution in [-0.2, 0) is 4.79 Å². The Kier molecular flexibility index (Phi) is 4.76. The van der Waals surface area contributed by atoms with Crippen molar-refractivity contribution in [3.63, 3.8) is 0 Å². The molecule has 1 aromatic carbocycles. The first-order chi connectivity index (χ1) is 10.1. The first-order valence-corrected chi connectivity index (χ1v) is 6.72. The van der Waals surface area contributed by atoms with E-state index in [1.807, 2.05) is 0 Å². The molecule has 0 atom stereocenters. The van der Waals surface area contributed by atoms with Crippen molar-refractivity contribution in [2.24, 2.45) is 0 Å². The van der Waals surface area contributed by atoms with Crippen LogP contribution in [0.5, 0.6) is 0 Å². The third-order valence-electron chi connectivity index (χ3n) is 3.23. The minimum Gasteiger partial charge on any atom is -0.478 e. The molecule has 0 saturated carbocycles. The number of carboxylic acid groups (broad SMARTS) is 1. The van der Waals surface area contributed by atoms with Crippen molar-refractivity contribution in [3.8, 4) is 0 Å². The zero-order chi connectivity index (χ0) is 15.2. The summed E-state index contributed by atoms with van der Waals surface area (Å²) in [6.07, 6.45) is 2.00. The lowest BCUT2D eigenvalue weighted by molar-refractivity contribution is -0.128. The lowest BCUT2D eigenvalue weighted by atomic mass is 10.2. The first-order valence-electron chi connectivity index (χ1n) is 6.72. The molecule has 112 valence electrons. The van der Waals surface area contributed by atoms with Crippen molar-refractivity contribution in [1.29, 1.82) is 0 Å². The number of anilines is 1. The van der Waals surface area contributed by atoms with E-state index in [0.717, 1.165) is 25.9 Å². The molecule has 1 aliphatic heterocycles. The van der Waals surface area contributed by atoms with Crippen LogP contribution in [0, 0.1) is 0 Å². The van der Waals surface area contributed by atoms with Gasteiger partial charge in [0.15, 0.2) is 0 Å². The van der Waals surface area contributed by atoms with E-state index in [9.17, 15) is 14.4 Å². The minimum absolute atomic E-state index is 0.0650. The summed E-state index contributed by atoms with van der Waals surface area (Å²) in [6, 6.07) is 5.36. The number of nitrogens with one attached hydrogen (secondary N) is 2. The van der Waals surface area contributed by atoms with E-state index in [1.54, 1.807) is 11.0 Å². The van der Waals surface area contributed by atoms with Crippen LogP contribution in [0.25, 0.3) is 0 Å². The highest BCUT2D eigenvalue weighted by atomic mass is 16.4. The summed E-state index contributed by atoms with van der Waals surface area (Å²) in [6.45, 7) is 1.41. The van der Waals surface area contributed by atoms with Crippen molar-refractivity contribution in [1.82, 2.24) is 10.2 Å². The van der Waals surface area contributed by atoms with Crippen LogP contribution in [0.1, 0.15) is 23.2 Å². The van der Waals surface area contributed by atoms with Crippen molar-refractivity contribution in [3.05, 3.63) is 29.8 Å². The van der Waals surface area contributed by atoms with Crippen LogP contribution < -0.4 is 10.6 Å². The summed E-state index contributed by atoms with van der Waals surface area (Å²) < 4.78 is 0. The van der Waals surface area contributed by atoms with Gasteiger partial charge in [-0.2, -0.15) is 0 Å². The molecule has 2 rings (SSSR count). The van der Waals surface area contributed by atoms with Crippen LogP contribution in [-0.4, -0.2) is 47.5 Å². The van der Waals surface area contributed by atoms with Gasteiger partial charge in [0.25, 0.3) is 0 Å². The van der Waals surface area contributed by atoms with E-state index in [-0.39, 0.29) is 18.0 Å². The van der Waals surface area contributed by atoms with Gasteiger partial charge >= 0.3 is 12.0 Å². The van der Waals surface area contributed by atoms with E-state index in [4.69, 9.17) is 5.11 Å². The Morgan fingerprint density at radius 1 is 1.19 bits per heavy atom. The summed E-state index contributed by atoms with van der Waals surface area (Å²) in [7, 11) is 0. The van der Waals surface area contributed by atoms with Gasteiger partial charge in [-0.3, -0.25) is 4.79 Å². The normalized spacial score (nSPS) is 13.8. The van der Waals surface area contributed by atoms with Gasteiger partial charge < -0.3 is 20.6 Å². The molecule has 3 amide bonds. The fourth-order valence-corrected chi connectivity index (χ4v) is 2.14. The SMILES string of the molecule is O=C(NCC(=O)N1CCCC1)Nc1cccc(C(=O)O)c1. The molecule has 3 N–H and O–H groups in total. The molecule has 1 aromatic rings. The van der Waals surface area contributed by atoms with Gasteiger partial charge in [-0.05, 0) is 31.0 Å².